The normalized spacial score (nSPS) is 10.5. The van der Waals surface area contributed by atoms with Gasteiger partial charge in [-0.3, -0.25) is 19.2 Å². The molecule has 202 valence electrons. The Morgan fingerprint density at radius 3 is 1.38 bits per heavy atom. The number of carboxylic acids is 2. The largest absolute Gasteiger partial charge is 0.481 e. The van der Waals surface area contributed by atoms with Crippen molar-refractivity contribution in [1.82, 2.24) is 9.97 Å². The van der Waals surface area contributed by atoms with Crippen molar-refractivity contribution in [3.05, 3.63) is 84.9 Å². The van der Waals surface area contributed by atoms with Gasteiger partial charge in [-0.15, -0.1) is 0 Å². The molecular weight excluding hydrogens is 512 g/mol. The number of rotatable bonds is 11. The van der Waals surface area contributed by atoms with Crippen LogP contribution in [-0.2, 0) is 19.2 Å². The van der Waals surface area contributed by atoms with Crippen LogP contribution in [0.3, 0.4) is 0 Å². The molecule has 4 N–H and O–H groups in total. The Balaban J connectivity index is 1.59. The van der Waals surface area contributed by atoms with Gasteiger partial charge in [0.25, 0.3) is 0 Å². The minimum Gasteiger partial charge on any atom is -0.481 e. The zero-order valence-corrected chi connectivity index (χ0v) is 21.3. The summed E-state index contributed by atoms with van der Waals surface area (Å²) in [6.07, 6.45) is -0.711. The Morgan fingerprint density at radius 1 is 0.550 bits per heavy atom. The minimum atomic E-state index is -1.03. The second-order valence-corrected chi connectivity index (χ2v) is 8.87. The Morgan fingerprint density at radius 2 is 0.975 bits per heavy atom. The maximum atomic E-state index is 12.0. The van der Waals surface area contributed by atoms with Gasteiger partial charge in [0.2, 0.25) is 11.8 Å². The molecule has 0 aliphatic heterocycles. The number of aliphatic carboxylic acids is 2. The number of nitrogens with zero attached hydrogens (tertiary/aromatic N) is 2. The minimum absolute atomic E-state index is 0.113. The van der Waals surface area contributed by atoms with E-state index in [1.165, 1.54) is 0 Å². The van der Waals surface area contributed by atoms with Crippen molar-refractivity contribution in [3.8, 4) is 33.9 Å². The van der Waals surface area contributed by atoms with Gasteiger partial charge in [0.1, 0.15) is 0 Å². The molecular formula is C30H26N4O6. The SMILES string of the molecule is O=C(O)CCC(=O)Nc1ccc(-c2cc(-c3ccc(NC(=O)CCC(=O)O)cc3)nc(-c3ccccc3)n2)cc1. The lowest BCUT2D eigenvalue weighted by Gasteiger charge is -2.11. The summed E-state index contributed by atoms with van der Waals surface area (Å²) < 4.78 is 0. The van der Waals surface area contributed by atoms with Crippen molar-refractivity contribution in [2.24, 2.45) is 0 Å². The van der Waals surface area contributed by atoms with Crippen LogP contribution in [0.2, 0.25) is 0 Å². The lowest BCUT2D eigenvalue weighted by Crippen LogP contribution is -2.13. The summed E-state index contributed by atoms with van der Waals surface area (Å²) in [7, 11) is 0. The molecule has 0 aliphatic rings. The molecule has 10 nitrogen and oxygen atoms in total. The number of carbonyl (C=O) groups excluding carboxylic acids is 2. The highest BCUT2D eigenvalue weighted by Gasteiger charge is 2.12. The van der Waals surface area contributed by atoms with Gasteiger partial charge in [-0.25, -0.2) is 9.97 Å². The van der Waals surface area contributed by atoms with Crippen LogP contribution < -0.4 is 10.6 Å². The van der Waals surface area contributed by atoms with E-state index in [-0.39, 0.29) is 37.5 Å². The molecule has 0 bridgehead atoms. The highest BCUT2D eigenvalue weighted by molar-refractivity contribution is 5.93. The quantitative estimate of drug-likeness (QED) is 0.206. The fourth-order valence-electron chi connectivity index (χ4n) is 3.80. The van der Waals surface area contributed by atoms with Crippen molar-refractivity contribution in [2.75, 3.05) is 10.6 Å². The molecule has 10 heteroatoms. The molecule has 40 heavy (non-hydrogen) atoms. The lowest BCUT2D eigenvalue weighted by molar-refractivity contribution is -0.138. The van der Waals surface area contributed by atoms with Crippen LogP contribution in [0, 0.1) is 0 Å². The fraction of sp³-hybridized carbons (Fsp3) is 0.133. The van der Waals surface area contributed by atoms with E-state index in [2.05, 4.69) is 10.6 Å². The maximum Gasteiger partial charge on any atom is 0.303 e. The summed E-state index contributed by atoms with van der Waals surface area (Å²) in [5.74, 6) is -2.31. The van der Waals surface area contributed by atoms with Crippen LogP contribution >= 0.6 is 0 Å². The monoisotopic (exact) mass is 538 g/mol. The van der Waals surface area contributed by atoms with Crippen LogP contribution in [0.5, 0.6) is 0 Å². The fourth-order valence-corrected chi connectivity index (χ4v) is 3.80. The second kappa shape index (κ2) is 12.9. The van der Waals surface area contributed by atoms with Crippen LogP contribution in [0.1, 0.15) is 25.7 Å². The third-order valence-electron chi connectivity index (χ3n) is 5.82. The van der Waals surface area contributed by atoms with Gasteiger partial charge < -0.3 is 20.8 Å². The summed E-state index contributed by atoms with van der Waals surface area (Å²) in [4.78, 5) is 54.9. The third kappa shape index (κ3) is 7.81. The molecule has 0 aliphatic carbocycles. The van der Waals surface area contributed by atoms with Gasteiger partial charge in [-0.2, -0.15) is 0 Å². The Hall–Kier alpha value is -5.38. The standard InChI is InChI=1S/C30H26N4O6/c35-26(14-16-28(37)38)31-22-10-6-19(7-11-22)24-18-25(34-30(33-24)21-4-2-1-3-5-21)20-8-12-23(13-9-20)32-27(36)15-17-29(39)40/h1-13,18H,14-17H2,(H,31,35)(H,32,36)(H,37,38)(H,39,40). The van der Waals surface area contributed by atoms with Gasteiger partial charge in [0, 0.05) is 40.9 Å². The molecule has 0 spiro atoms. The molecule has 2 amide bonds. The van der Waals surface area contributed by atoms with Gasteiger partial charge in [0.05, 0.1) is 24.2 Å². The number of anilines is 2. The maximum absolute atomic E-state index is 12.0. The summed E-state index contributed by atoms with van der Waals surface area (Å²) >= 11 is 0. The van der Waals surface area contributed by atoms with Gasteiger partial charge in [-0.1, -0.05) is 54.6 Å². The van der Waals surface area contributed by atoms with Gasteiger partial charge in [-0.05, 0) is 30.3 Å². The van der Waals surface area contributed by atoms with Crippen LogP contribution in [0.25, 0.3) is 33.9 Å². The summed E-state index contributed by atoms with van der Waals surface area (Å²) in [5.41, 5.74) is 4.78. The average molecular weight is 539 g/mol. The molecule has 0 saturated heterocycles. The molecule has 3 aromatic carbocycles. The number of amides is 2. The number of hydrogen-bond donors (Lipinski definition) is 4. The highest BCUT2D eigenvalue weighted by Crippen LogP contribution is 2.29. The molecule has 0 fully saturated rings. The van der Waals surface area contributed by atoms with E-state index < -0.39 is 11.9 Å². The number of hydrogen-bond acceptors (Lipinski definition) is 6. The molecule has 0 atom stereocenters. The zero-order valence-electron chi connectivity index (χ0n) is 21.3. The predicted molar refractivity (Wildman–Crippen MR) is 149 cm³/mol. The van der Waals surface area contributed by atoms with Gasteiger partial charge >= 0.3 is 11.9 Å². The molecule has 0 saturated carbocycles. The first-order valence-electron chi connectivity index (χ1n) is 12.5. The number of carbonyl (C=O) groups is 4. The lowest BCUT2D eigenvalue weighted by atomic mass is 10.1. The number of carboxylic acid groups (broad SMARTS) is 2. The predicted octanol–water partition coefficient (Wildman–Crippen LogP) is 5.08. The van der Waals surface area contributed by atoms with E-state index in [0.29, 0.717) is 28.6 Å². The average Bonchev–Trinajstić information content (AvgIpc) is 2.96. The highest BCUT2D eigenvalue weighted by atomic mass is 16.4. The molecule has 0 unspecified atom stereocenters. The third-order valence-corrected chi connectivity index (χ3v) is 5.82. The van der Waals surface area contributed by atoms with Crippen molar-refractivity contribution in [1.29, 1.82) is 0 Å². The summed E-state index contributed by atoms with van der Waals surface area (Å²) in [6, 6.07) is 25.5. The zero-order chi connectivity index (χ0) is 28.5. The topological polar surface area (TPSA) is 159 Å². The Bertz CT molecular complexity index is 1430. The van der Waals surface area contributed by atoms with E-state index in [1.54, 1.807) is 24.3 Å². The Kier molecular flexibility index (Phi) is 8.93. The van der Waals surface area contributed by atoms with E-state index >= 15 is 0 Å². The van der Waals surface area contributed by atoms with E-state index in [0.717, 1.165) is 16.7 Å². The first-order valence-corrected chi connectivity index (χ1v) is 12.5. The first-order chi connectivity index (χ1) is 19.3. The smallest absolute Gasteiger partial charge is 0.303 e. The Labute approximate surface area is 229 Å². The van der Waals surface area contributed by atoms with E-state index in [1.807, 2.05) is 60.7 Å². The number of aromatic nitrogens is 2. The van der Waals surface area contributed by atoms with E-state index in [4.69, 9.17) is 20.2 Å². The molecule has 1 heterocycles. The first kappa shape index (κ1) is 27.6. The summed E-state index contributed by atoms with van der Waals surface area (Å²) in [5, 5.41) is 22.9. The molecule has 0 radical (unpaired) electrons. The van der Waals surface area contributed by atoms with E-state index in [9.17, 15) is 19.2 Å². The number of benzene rings is 3. The molecule has 1 aromatic heterocycles. The number of nitrogens with one attached hydrogen (secondary N) is 2. The van der Waals surface area contributed by atoms with Crippen LogP contribution in [0.4, 0.5) is 11.4 Å². The van der Waals surface area contributed by atoms with Crippen molar-refractivity contribution >= 4 is 35.1 Å². The van der Waals surface area contributed by atoms with Crippen molar-refractivity contribution < 1.29 is 29.4 Å². The van der Waals surface area contributed by atoms with Crippen molar-refractivity contribution in [2.45, 2.75) is 25.7 Å². The second-order valence-electron chi connectivity index (χ2n) is 8.87. The van der Waals surface area contributed by atoms with Crippen LogP contribution in [-0.4, -0.2) is 43.9 Å². The summed E-state index contributed by atoms with van der Waals surface area (Å²) in [6.45, 7) is 0. The molecule has 4 rings (SSSR count). The van der Waals surface area contributed by atoms with Gasteiger partial charge in [0.15, 0.2) is 5.82 Å². The van der Waals surface area contributed by atoms with Crippen LogP contribution in [0.15, 0.2) is 84.9 Å². The van der Waals surface area contributed by atoms with Crippen molar-refractivity contribution in [3.63, 3.8) is 0 Å². The molecule has 4 aromatic rings.